The Morgan fingerprint density at radius 2 is 2.38 bits per heavy atom. The van der Waals surface area contributed by atoms with Gasteiger partial charge in [-0.1, -0.05) is 0 Å². The maximum absolute atomic E-state index is 11.2. The Hall–Kier alpha value is -1.67. The second-order valence-electron chi connectivity index (χ2n) is 2.77. The van der Waals surface area contributed by atoms with Crippen molar-refractivity contribution in [3.05, 3.63) is 22.4 Å². The molecule has 16 heavy (non-hydrogen) atoms. The minimum Gasteiger partial charge on any atom is -0.358 e. The number of nitrogens with one attached hydrogen (secondary N) is 1. The third-order valence-electron chi connectivity index (χ3n) is 1.59. The molecule has 0 saturated heterocycles. The number of halogens is 1. The fraction of sp³-hybridized carbons (Fsp3) is 0.429. The van der Waals surface area contributed by atoms with Crippen LogP contribution in [0.1, 0.15) is 0 Å². The maximum atomic E-state index is 11.2. The first-order valence-corrected chi connectivity index (χ1v) is 4.28. The smallest absolute Gasteiger partial charge is 0.358 e. The monoisotopic (exact) mass is 249 g/mol. The van der Waals surface area contributed by atoms with E-state index in [2.05, 4.69) is 10.4 Å². The molecule has 1 heterocycles. The van der Waals surface area contributed by atoms with Crippen molar-refractivity contribution in [2.24, 2.45) is 5.73 Å². The van der Waals surface area contributed by atoms with Crippen molar-refractivity contribution in [1.82, 2.24) is 15.1 Å². The first-order valence-electron chi connectivity index (χ1n) is 4.28. The van der Waals surface area contributed by atoms with E-state index in [4.69, 9.17) is 5.73 Å². The lowest BCUT2D eigenvalue weighted by molar-refractivity contribution is -0.389. The van der Waals surface area contributed by atoms with E-state index in [-0.39, 0.29) is 30.7 Å². The Morgan fingerprint density at radius 3 is 2.88 bits per heavy atom. The topological polar surface area (TPSA) is 116 Å². The molecular weight excluding hydrogens is 238 g/mol. The zero-order valence-corrected chi connectivity index (χ0v) is 9.14. The minimum atomic E-state index is -0.617. The fourth-order valence-corrected chi connectivity index (χ4v) is 0.951. The average Bonchev–Trinajstić information content (AvgIpc) is 2.63. The lowest BCUT2D eigenvalue weighted by Gasteiger charge is -2.00. The Balaban J connectivity index is 0.00000225. The van der Waals surface area contributed by atoms with Crippen LogP contribution in [0, 0.1) is 10.1 Å². The number of amides is 1. The molecule has 1 rings (SSSR count). The van der Waals surface area contributed by atoms with Gasteiger partial charge in [0.15, 0.2) is 0 Å². The molecule has 3 N–H and O–H groups in total. The number of rotatable bonds is 5. The molecule has 1 amide bonds. The van der Waals surface area contributed by atoms with Gasteiger partial charge >= 0.3 is 5.82 Å². The number of hydrogen-bond donors (Lipinski definition) is 2. The van der Waals surface area contributed by atoms with Crippen molar-refractivity contribution in [3.63, 3.8) is 0 Å². The van der Waals surface area contributed by atoms with E-state index in [1.807, 2.05) is 0 Å². The summed E-state index contributed by atoms with van der Waals surface area (Å²) in [4.78, 5) is 20.8. The van der Waals surface area contributed by atoms with E-state index in [0.717, 1.165) is 0 Å². The van der Waals surface area contributed by atoms with Gasteiger partial charge in [-0.05, 0) is 4.92 Å². The van der Waals surface area contributed by atoms with Gasteiger partial charge in [-0.15, -0.1) is 12.4 Å². The van der Waals surface area contributed by atoms with Crippen molar-refractivity contribution >= 4 is 24.1 Å². The van der Waals surface area contributed by atoms with Gasteiger partial charge in [-0.3, -0.25) is 4.79 Å². The molecule has 1 aromatic heterocycles. The molecule has 0 atom stereocenters. The summed E-state index contributed by atoms with van der Waals surface area (Å²) in [7, 11) is 0. The summed E-state index contributed by atoms with van der Waals surface area (Å²) in [5, 5.41) is 16.4. The Bertz CT molecular complexity index is 367. The lowest BCUT2D eigenvalue weighted by atomic mass is 10.5. The van der Waals surface area contributed by atoms with Crippen LogP contribution in [0.25, 0.3) is 0 Å². The van der Waals surface area contributed by atoms with Crippen molar-refractivity contribution in [2.75, 3.05) is 13.1 Å². The highest BCUT2D eigenvalue weighted by Crippen LogP contribution is 2.04. The van der Waals surface area contributed by atoms with Gasteiger partial charge in [-0.25, -0.2) is 0 Å². The first kappa shape index (κ1) is 14.3. The van der Waals surface area contributed by atoms with Gasteiger partial charge in [0.25, 0.3) is 0 Å². The second kappa shape index (κ2) is 6.75. The van der Waals surface area contributed by atoms with Crippen LogP contribution in [-0.4, -0.2) is 33.7 Å². The molecule has 0 aromatic carbocycles. The first-order chi connectivity index (χ1) is 7.13. The van der Waals surface area contributed by atoms with Crippen LogP contribution < -0.4 is 11.1 Å². The number of nitro groups is 1. The molecule has 0 radical (unpaired) electrons. The largest absolute Gasteiger partial charge is 0.389 e. The van der Waals surface area contributed by atoms with E-state index in [1.54, 1.807) is 0 Å². The molecule has 0 spiro atoms. The highest BCUT2D eigenvalue weighted by Gasteiger charge is 2.12. The van der Waals surface area contributed by atoms with E-state index < -0.39 is 4.92 Å². The molecule has 1 aromatic rings. The molecule has 0 unspecified atom stereocenters. The summed E-state index contributed by atoms with van der Waals surface area (Å²) in [6.07, 6.45) is 1.38. The van der Waals surface area contributed by atoms with Crippen molar-refractivity contribution in [3.8, 4) is 0 Å². The molecule has 0 aliphatic heterocycles. The number of aromatic nitrogens is 2. The zero-order chi connectivity index (χ0) is 11.3. The van der Waals surface area contributed by atoms with Crippen LogP contribution in [0.15, 0.2) is 12.3 Å². The van der Waals surface area contributed by atoms with Gasteiger partial charge in [0.2, 0.25) is 5.91 Å². The summed E-state index contributed by atoms with van der Waals surface area (Å²) in [5.74, 6) is -0.555. The molecule has 0 bridgehead atoms. The summed E-state index contributed by atoms with van der Waals surface area (Å²) in [5.41, 5.74) is 5.19. The SMILES string of the molecule is Cl.NCCNC(=O)Cn1ccc([N+](=O)[O-])n1. The molecule has 0 saturated carbocycles. The quantitative estimate of drug-likeness (QED) is 0.528. The summed E-state index contributed by atoms with van der Waals surface area (Å²) >= 11 is 0. The number of carbonyl (C=O) groups is 1. The normalized spacial score (nSPS) is 9.31. The molecule has 90 valence electrons. The number of nitrogens with zero attached hydrogens (tertiary/aromatic N) is 3. The fourth-order valence-electron chi connectivity index (χ4n) is 0.951. The highest BCUT2D eigenvalue weighted by molar-refractivity contribution is 5.85. The molecule has 0 fully saturated rings. The number of carbonyl (C=O) groups excluding carboxylic acids is 1. The van der Waals surface area contributed by atoms with Gasteiger partial charge in [-0.2, -0.15) is 4.68 Å². The molecule has 8 nitrogen and oxygen atoms in total. The summed E-state index contributed by atoms with van der Waals surface area (Å²) in [6.45, 7) is 0.682. The van der Waals surface area contributed by atoms with E-state index >= 15 is 0 Å². The van der Waals surface area contributed by atoms with Crippen molar-refractivity contribution in [1.29, 1.82) is 0 Å². The zero-order valence-electron chi connectivity index (χ0n) is 8.33. The molecule has 0 aliphatic carbocycles. The maximum Gasteiger partial charge on any atom is 0.389 e. The van der Waals surface area contributed by atoms with E-state index in [0.29, 0.717) is 13.1 Å². The van der Waals surface area contributed by atoms with Gasteiger partial charge < -0.3 is 21.2 Å². The average molecular weight is 250 g/mol. The molecule has 9 heteroatoms. The van der Waals surface area contributed by atoms with Crippen LogP contribution in [0.5, 0.6) is 0 Å². The van der Waals surface area contributed by atoms with Gasteiger partial charge in [0, 0.05) is 13.1 Å². The predicted molar refractivity (Wildman–Crippen MR) is 58.2 cm³/mol. The number of hydrogen-bond acceptors (Lipinski definition) is 5. The third-order valence-corrected chi connectivity index (χ3v) is 1.59. The third kappa shape index (κ3) is 4.24. The van der Waals surface area contributed by atoms with Crippen LogP contribution in [0.4, 0.5) is 5.82 Å². The molecule has 0 aliphatic rings. The Morgan fingerprint density at radius 1 is 1.69 bits per heavy atom. The van der Waals surface area contributed by atoms with Crippen LogP contribution in [-0.2, 0) is 11.3 Å². The van der Waals surface area contributed by atoms with Gasteiger partial charge in [0.1, 0.15) is 6.54 Å². The number of nitrogens with two attached hydrogens (primary N) is 1. The highest BCUT2D eigenvalue weighted by atomic mass is 35.5. The van der Waals surface area contributed by atoms with E-state index in [1.165, 1.54) is 16.9 Å². The summed E-state index contributed by atoms with van der Waals surface area (Å²) < 4.78 is 1.20. The standard InChI is InChI=1S/C7H11N5O3.ClH/c8-2-3-9-7(13)5-11-4-1-6(10-11)12(14)15;/h1,4H,2-3,5,8H2,(H,9,13);1H. The van der Waals surface area contributed by atoms with E-state index in [9.17, 15) is 14.9 Å². The van der Waals surface area contributed by atoms with Crippen LogP contribution in [0.2, 0.25) is 0 Å². The predicted octanol–water partition coefficient (Wildman–Crippen LogP) is -0.712. The Kier molecular flexibility index (Phi) is 6.04. The van der Waals surface area contributed by atoms with Crippen molar-refractivity contribution in [2.45, 2.75) is 6.54 Å². The van der Waals surface area contributed by atoms with Crippen LogP contribution >= 0.6 is 12.4 Å². The molecular formula is C7H12ClN5O3. The van der Waals surface area contributed by atoms with Crippen LogP contribution in [0.3, 0.4) is 0 Å². The lowest BCUT2D eigenvalue weighted by Crippen LogP contribution is -2.32. The minimum absolute atomic E-state index is 0. The Labute approximate surface area is 97.4 Å². The van der Waals surface area contributed by atoms with Gasteiger partial charge in [0.05, 0.1) is 17.4 Å². The summed E-state index contributed by atoms with van der Waals surface area (Å²) in [6, 6.07) is 1.23. The van der Waals surface area contributed by atoms with Crippen molar-refractivity contribution < 1.29 is 9.72 Å². The second-order valence-corrected chi connectivity index (χ2v) is 2.77.